The molecule has 1 N–H and O–H groups in total. The number of hydroxylamine groups is 2. The van der Waals surface area contributed by atoms with Crippen molar-refractivity contribution in [1.29, 1.82) is 0 Å². The lowest BCUT2D eigenvalue weighted by atomic mass is 10.1. The maximum absolute atomic E-state index is 12.7. The predicted octanol–water partition coefficient (Wildman–Crippen LogP) is 2.04. The number of carbonyl (C=O) groups is 1. The number of aryl methyl sites for hydroxylation is 3. The molecule has 0 saturated carbocycles. The Morgan fingerprint density at radius 1 is 1.18 bits per heavy atom. The Morgan fingerprint density at radius 2 is 1.88 bits per heavy atom. The highest BCUT2D eigenvalue weighted by Gasteiger charge is 2.31. The number of pyridine rings is 1. The summed E-state index contributed by atoms with van der Waals surface area (Å²) in [5, 5.41) is 10.5. The lowest BCUT2D eigenvalue weighted by molar-refractivity contribution is -0.162. The molecule has 0 unspecified atom stereocenters. The van der Waals surface area contributed by atoms with E-state index in [2.05, 4.69) is 15.0 Å². The van der Waals surface area contributed by atoms with Gasteiger partial charge in [0.15, 0.2) is 0 Å². The first-order valence-electron chi connectivity index (χ1n) is 11.5. The zero-order valence-corrected chi connectivity index (χ0v) is 20.6. The van der Waals surface area contributed by atoms with E-state index in [1.165, 1.54) is 4.31 Å². The summed E-state index contributed by atoms with van der Waals surface area (Å²) >= 11 is 0. The number of amides is 1. The summed E-state index contributed by atoms with van der Waals surface area (Å²) in [5.41, 5.74) is 3.07. The van der Waals surface area contributed by atoms with Crippen LogP contribution in [0.25, 0.3) is 0 Å². The van der Waals surface area contributed by atoms with Crippen molar-refractivity contribution in [3.8, 4) is 0 Å². The molecule has 3 heterocycles. The Hall–Kier alpha value is -2.47. The van der Waals surface area contributed by atoms with Gasteiger partial charge in [-0.3, -0.25) is 15.0 Å². The van der Waals surface area contributed by atoms with Crippen LogP contribution in [-0.2, 0) is 32.6 Å². The van der Waals surface area contributed by atoms with E-state index in [1.807, 2.05) is 26.1 Å². The van der Waals surface area contributed by atoms with Crippen molar-refractivity contribution in [3.63, 3.8) is 0 Å². The fourth-order valence-corrected chi connectivity index (χ4v) is 5.19. The minimum Gasteiger partial charge on any atom is -0.373 e. The number of sulfonamides is 1. The first kappa shape index (κ1) is 26.1. The summed E-state index contributed by atoms with van der Waals surface area (Å²) < 4.78 is 32.7. The van der Waals surface area contributed by atoms with Crippen LogP contribution < -0.4 is 0 Å². The average Bonchev–Trinajstić information content (AvgIpc) is 2.83. The Kier molecular flexibility index (Phi) is 9.45. The van der Waals surface area contributed by atoms with Crippen molar-refractivity contribution in [2.75, 3.05) is 25.4 Å². The molecule has 1 amide bonds. The molecular weight excluding hydrogens is 458 g/mol. The van der Waals surface area contributed by atoms with E-state index in [-0.39, 0.29) is 25.7 Å². The van der Waals surface area contributed by atoms with E-state index in [1.54, 1.807) is 18.5 Å². The van der Waals surface area contributed by atoms with Crippen LogP contribution in [0.2, 0.25) is 0 Å². The van der Waals surface area contributed by atoms with Gasteiger partial charge in [0.1, 0.15) is 11.6 Å². The Labute approximate surface area is 201 Å². The maximum atomic E-state index is 12.7. The van der Waals surface area contributed by atoms with Gasteiger partial charge in [0.25, 0.3) is 5.91 Å². The highest BCUT2D eigenvalue weighted by Crippen LogP contribution is 2.20. The summed E-state index contributed by atoms with van der Waals surface area (Å²) in [5.74, 6) is -0.871. The second-order valence-corrected chi connectivity index (χ2v) is 10.5. The first-order valence-corrected chi connectivity index (χ1v) is 13.1. The van der Waals surface area contributed by atoms with Crippen molar-refractivity contribution in [2.24, 2.45) is 0 Å². The van der Waals surface area contributed by atoms with Gasteiger partial charge in [0.2, 0.25) is 10.0 Å². The van der Waals surface area contributed by atoms with Gasteiger partial charge in [0.05, 0.1) is 12.7 Å². The smallest absolute Gasteiger partial charge is 0.262 e. The number of unbranched alkanes of at least 4 members (excludes halogenated alkanes) is 1. The maximum Gasteiger partial charge on any atom is 0.262 e. The fraction of sp³-hybridized carbons (Fsp3) is 0.565. The minimum absolute atomic E-state index is 0.0436. The monoisotopic (exact) mass is 491 g/mol. The molecular formula is C23H33N5O5S. The Bertz CT molecular complexity index is 1040. The first-order chi connectivity index (χ1) is 16.2. The number of piperidine rings is 1. The van der Waals surface area contributed by atoms with Crippen LogP contribution in [0.1, 0.15) is 48.3 Å². The van der Waals surface area contributed by atoms with E-state index in [9.17, 15) is 18.4 Å². The second-order valence-electron chi connectivity index (χ2n) is 8.56. The van der Waals surface area contributed by atoms with E-state index in [0.717, 1.165) is 16.8 Å². The topological polar surface area (TPSA) is 126 Å². The summed E-state index contributed by atoms with van der Waals surface area (Å²) in [4.78, 5) is 24.8. The van der Waals surface area contributed by atoms with E-state index in [4.69, 9.17) is 4.74 Å². The molecule has 3 rings (SSSR count). The molecule has 1 saturated heterocycles. The van der Waals surface area contributed by atoms with E-state index in [0.29, 0.717) is 49.6 Å². The molecule has 0 atom stereocenters. The molecule has 0 spiro atoms. The highest BCUT2D eigenvalue weighted by molar-refractivity contribution is 7.89. The van der Waals surface area contributed by atoms with Crippen molar-refractivity contribution in [2.45, 2.75) is 58.7 Å². The van der Waals surface area contributed by atoms with Gasteiger partial charge >= 0.3 is 0 Å². The number of hydrogen-bond donors (Lipinski definition) is 1. The van der Waals surface area contributed by atoms with Crippen LogP contribution in [-0.4, -0.2) is 75.3 Å². The van der Waals surface area contributed by atoms with Gasteiger partial charge in [-0.25, -0.2) is 27.8 Å². The average molecular weight is 492 g/mol. The lowest BCUT2D eigenvalue weighted by Crippen LogP contribution is -2.45. The predicted molar refractivity (Wildman–Crippen MR) is 125 cm³/mol. The third-order valence-electron chi connectivity index (χ3n) is 5.85. The number of rotatable bonds is 11. The molecule has 0 radical (unpaired) electrons. The van der Waals surface area contributed by atoms with Crippen molar-refractivity contribution >= 4 is 15.9 Å². The van der Waals surface area contributed by atoms with Gasteiger partial charge in [-0.1, -0.05) is 0 Å². The van der Waals surface area contributed by atoms with Crippen molar-refractivity contribution in [1.82, 2.24) is 24.3 Å². The van der Waals surface area contributed by atoms with Crippen LogP contribution >= 0.6 is 0 Å². The van der Waals surface area contributed by atoms with Crippen LogP contribution in [0.3, 0.4) is 0 Å². The number of carbonyl (C=O) groups excluding carboxylic acids is 1. The van der Waals surface area contributed by atoms with Crippen molar-refractivity contribution < 1.29 is 23.2 Å². The molecule has 0 aromatic carbocycles. The molecule has 2 aromatic heterocycles. The van der Waals surface area contributed by atoms with Crippen LogP contribution in [0.15, 0.2) is 30.7 Å². The largest absolute Gasteiger partial charge is 0.373 e. The molecule has 0 bridgehead atoms. The molecule has 34 heavy (non-hydrogen) atoms. The summed E-state index contributed by atoms with van der Waals surface area (Å²) in [7, 11) is -3.81. The van der Waals surface area contributed by atoms with Crippen LogP contribution in [0.5, 0.6) is 0 Å². The Morgan fingerprint density at radius 3 is 2.59 bits per heavy atom. The second kappa shape index (κ2) is 12.3. The molecule has 0 aliphatic carbocycles. The SMILES string of the molecule is Cc1cc(COC2CCN(S(=O)(=O)CC(=O)N(O)CCCCc3ncccn3)CC2)c(C)cn1. The normalized spacial score (nSPS) is 15.4. The molecule has 1 fully saturated rings. The number of ether oxygens (including phenoxy) is 1. The summed E-state index contributed by atoms with van der Waals surface area (Å²) in [6, 6.07) is 3.73. The zero-order chi connectivity index (χ0) is 24.6. The standard InChI is InChI=1S/C23H33N5O5S/c1-18-15-26-19(2)14-20(18)16-33-21-7-12-27(13-8-21)34(31,32)17-23(29)28(30)11-4-3-6-22-24-9-5-10-25-22/h5,9-10,14-15,21,30H,3-4,6-8,11-13,16-17H2,1-2H3. The van der Waals surface area contributed by atoms with Gasteiger partial charge in [-0.05, 0) is 62.8 Å². The van der Waals surface area contributed by atoms with Gasteiger partial charge in [-0.2, -0.15) is 0 Å². The summed E-state index contributed by atoms with van der Waals surface area (Å²) in [6.45, 7) is 5.01. The lowest BCUT2D eigenvalue weighted by Gasteiger charge is -2.31. The van der Waals surface area contributed by atoms with Gasteiger partial charge in [0, 0.05) is 50.3 Å². The molecule has 2 aromatic rings. The van der Waals surface area contributed by atoms with Crippen molar-refractivity contribution in [3.05, 3.63) is 53.4 Å². The zero-order valence-electron chi connectivity index (χ0n) is 19.8. The summed E-state index contributed by atoms with van der Waals surface area (Å²) in [6.07, 6.45) is 8.02. The van der Waals surface area contributed by atoms with Crippen LogP contribution in [0.4, 0.5) is 0 Å². The highest BCUT2D eigenvalue weighted by atomic mass is 32.2. The Balaban J connectivity index is 1.38. The number of aromatic nitrogens is 3. The molecule has 11 heteroatoms. The number of nitrogens with zero attached hydrogens (tertiary/aromatic N) is 5. The fourth-order valence-electron chi connectivity index (χ4n) is 3.78. The van der Waals surface area contributed by atoms with Gasteiger partial charge < -0.3 is 4.74 Å². The minimum atomic E-state index is -3.81. The molecule has 186 valence electrons. The third kappa shape index (κ3) is 7.79. The van der Waals surface area contributed by atoms with Crippen LogP contribution in [0, 0.1) is 13.8 Å². The van der Waals surface area contributed by atoms with E-state index < -0.39 is 21.7 Å². The molecule has 1 aliphatic heterocycles. The van der Waals surface area contributed by atoms with Gasteiger partial charge in [-0.15, -0.1) is 0 Å². The quantitative estimate of drug-likeness (QED) is 0.288. The molecule has 1 aliphatic rings. The third-order valence-corrected chi connectivity index (χ3v) is 7.62. The molecule has 10 nitrogen and oxygen atoms in total. The number of hydrogen-bond acceptors (Lipinski definition) is 8. The van der Waals surface area contributed by atoms with E-state index >= 15 is 0 Å².